The summed E-state index contributed by atoms with van der Waals surface area (Å²) in [5.41, 5.74) is 6.56. The molecule has 0 aliphatic rings. The Hall–Kier alpha value is -1.21. The number of nitrogens with zero attached hydrogens (tertiary/aromatic N) is 1. The van der Waals surface area contributed by atoms with Gasteiger partial charge in [0, 0.05) is 20.2 Å². The lowest BCUT2D eigenvalue weighted by Gasteiger charge is -2.20. The molecule has 0 amide bonds. The maximum Gasteiger partial charge on any atom is 0.243 e. The number of hydrogen-bond acceptors (Lipinski definition) is 4. The van der Waals surface area contributed by atoms with E-state index in [0.29, 0.717) is 19.7 Å². The number of rotatable bonds is 10. The third-order valence-electron chi connectivity index (χ3n) is 3.11. The van der Waals surface area contributed by atoms with Crippen molar-refractivity contribution in [3.63, 3.8) is 0 Å². The molecule has 1 aromatic rings. The van der Waals surface area contributed by atoms with Crippen molar-refractivity contribution < 1.29 is 13.2 Å². The van der Waals surface area contributed by atoms with E-state index in [0.717, 1.165) is 18.4 Å². The van der Waals surface area contributed by atoms with Gasteiger partial charge in [0.05, 0.1) is 11.5 Å². The van der Waals surface area contributed by atoms with Gasteiger partial charge in [-0.1, -0.05) is 18.2 Å². The van der Waals surface area contributed by atoms with E-state index in [1.165, 1.54) is 4.31 Å². The fourth-order valence-electron chi connectivity index (χ4n) is 1.93. The lowest BCUT2D eigenvalue weighted by Crippen LogP contribution is -2.34. The minimum atomic E-state index is -3.52. The van der Waals surface area contributed by atoms with E-state index in [2.05, 4.69) is 6.58 Å². The summed E-state index contributed by atoms with van der Waals surface area (Å²) in [7, 11) is -1.97. The number of sulfonamides is 1. The van der Waals surface area contributed by atoms with Gasteiger partial charge >= 0.3 is 0 Å². The molecule has 0 unspecified atom stereocenters. The molecular weight excluding hydrogens is 288 g/mol. The molecule has 0 fully saturated rings. The highest BCUT2D eigenvalue weighted by molar-refractivity contribution is 7.89. The van der Waals surface area contributed by atoms with Crippen LogP contribution in [0.5, 0.6) is 0 Å². The van der Waals surface area contributed by atoms with Crippen LogP contribution in [0.15, 0.2) is 41.8 Å². The third-order valence-corrected chi connectivity index (χ3v) is 4.99. The van der Waals surface area contributed by atoms with E-state index >= 15 is 0 Å². The number of nitrogens with two attached hydrogens (primary N) is 1. The average Bonchev–Trinajstić information content (AvgIpc) is 2.49. The summed E-state index contributed by atoms with van der Waals surface area (Å²) in [5.74, 6) is 0. The first kappa shape index (κ1) is 17.8. The molecule has 0 aliphatic carbocycles. The molecule has 2 N–H and O–H groups in total. The van der Waals surface area contributed by atoms with Gasteiger partial charge in [0.15, 0.2) is 0 Å². The van der Waals surface area contributed by atoms with Crippen molar-refractivity contribution in [2.45, 2.75) is 17.7 Å². The van der Waals surface area contributed by atoms with Crippen LogP contribution in [0.25, 0.3) is 0 Å². The Morgan fingerprint density at radius 2 is 2.00 bits per heavy atom. The minimum Gasteiger partial charge on any atom is -0.383 e. The molecule has 1 aromatic carbocycles. The van der Waals surface area contributed by atoms with Crippen molar-refractivity contribution in [3.05, 3.63) is 42.5 Å². The van der Waals surface area contributed by atoms with Gasteiger partial charge in [-0.3, -0.25) is 0 Å². The topological polar surface area (TPSA) is 72.6 Å². The summed E-state index contributed by atoms with van der Waals surface area (Å²) in [6.07, 6.45) is 3.32. The standard InChI is InChI=1S/C15H24N2O3S/c1-3-11-17(12-13-20-2)21(18,19)15-8-6-14(7-9-15)5-4-10-16/h3,6-9H,1,4-5,10-13,16H2,2H3. The van der Waals surface area contributed by atoms with Gasteiger partial charge in [-0.2, -0.15) is 4.31 Å². The zero-order chi connectivity index (χ0) is 15.7. The number of aryl methyl sites for hydroxylation is 1. The molecule has 6 heteroatoms. The van der Waals surface area contributed by atoms with Crippen LogP contribution in [0.1, 0.15) is 12.0 Å². The molecule has 0 aromatic heterocycles. The van der Waals surface area contributed by atoms with Crippen LogP contribution in [0, 0.1) is 0 Å². The number of ether oxygens (including phenoxy) is 1. The molecule has 1 rings (SSSR count). The Labute approximate surface area is 127 Å². The van der Waals surface area contributed by atoms with Crippen LogP contribution in [0.2, 0.25) is 0 Å². The van der Waals surface area contributed by atoms with Gasteiger partial charge in [0.25, 0.3) is 0 Å². The molecule has 0 radical (unpaired) electrons. The van der Waals surface area contributed by atoms with Crippen molar-refractivity contribution in [2.75, 3.05) is 33.4 Å². The van der Waals surface area contributed by atoms with E-state index in [4.69, 9.17) is 10.5 Å². The summed E-state index contributed by atoms with van der Waals surface area (Å²) < 4.78 is 31.4. The van der Waals surface area contributed by atoms with Gasteiger partial charge in [-0.25, -0.2) is 8.42 Å². The molecule has 5 nitrogen and oxygen atoms in total. The number of benzene rings is 1. The second-order valence-corrected chi connectivity index (χ2v) is 6.62. The molecule has 0 spiro atoms. The third kappa shape index (κ3) is 5.24. The van der Waals surface area contributed by atoms with Crippen molar-refractivity contribution in [1.29, 1.82) is 0 Å². The molecular formula is C15H24N2O3S. The largest absolute Gasteiger partial charge is 0.383 e. The monoisotopic (exact) mass is 312 g/mol. The highest BCUT2D eigenvalue weighted by atomic mass is 32.2. The normalized spacial score (nSPS) is 11.8. The fraction of sp³-hybridized carbons (Fsp3) is 0.467. The lowest BCUT2D eigenvalue weighted by atomic mass is 10.1. The zero-order valence-corrected chi connectivity index (χ0v) is 13.3. The van der Waals surface area contributed by atoms with E-state index < -0.39 is 10.0 Å². The maximum atomic E-state index is 12.6. The molecule has 0 saturated heterocycles. The van der Waals surface area contributed by atoms with Crippen LogP contribution >= 0.6 is 0 Å². The summed E-state index contributed by atoms with van der Waals surface area (Å²) in [6, 6.07) is 6.96. The zero-order valence-electron chi connectivity index (χ0n) is 12.5. The van der Waals surface area contributed by atoms with Crippen LogP contribution in [-0.4, -0.2) is 46.1 Å². The highest BCUT2D eigenvalue weighted by Gasteiger charge is 2.22. The van der Waals surface area contributed by atoms with Crippen molar-refractivity contribution >= 4 is 10.0 Å². The Bertz CT molecular complexity index is 526. The quantitative estimate of drug-likeness (QED) is 0.663. The fourth-order valence-corrected chi connectivity index (χ4v) is 3.32. The highest BCUT2D eigenvalue weighted by Crippen LogP contribution is 2.17. The Balaban J connectivity index is 2.90. The van der Waals surface area contributed by atoms with Crippen LogP contribution in [-0.2, 0) is 21.2 Å². The Morgan fingerprint density at radius 1 is 1.33 bits per heavy atom. The predicted molar refractivity (Wildman–Crippen MR) is 84.6 cm³/mol. The van der Waals surface area contributed by atoms with E-state index in [1.54, 1.807) is 25.3 Å². The maximum absolute atomic E-state index is 12.6. The van der Waals surface area contributed by atoms with Crippen LogP contribution in [0.3, 0.4) is 0 Å². The molecule has 0 bridgehead atoms. The second-order valence-electron chi connectivity index (χ2n) is 4.68. The van der Waals surface area contributed by atoms with E-state index in [9.17, 15) is 8.42 Å². The molecule has 0 atom stereocenters. The summed E-state index contributed by atoms with van der Waals surface area (Å²) in [5, 5.41) is 0. The summed E-state index contributed by atoms with van der Waals surface area (Å²) in [4.78, 5) is 0.289. The van der Waals surface area contributed by atoms with Crippen LogP contribution in [0.4, 0.5) is 0 Å². The van der Waals surface area contributed by atoms with Crippen LogP contribution < -0.4 is 5.73 Å². The second kappa shape index (κ2) is 8.94. The predicted octanol–water partition coefficient (Wildman–Crippen LogP) is 1.40. The van der Waals surface area contributed by atoms with Gasteiger partial charge in [-0.15, -0.1) is 6.58 Å². The first-order chi connectivity index (χ1) is 10.1. The first-order valence-corrected chi connectivity index (χ1v) is 8.39. The minimum absolute atomic E-state index is 0.265. The van der Waals surface area contributed by atoms with Crippen molar-refractivity contribution in [2.24, 2.45) is 5.73 Å². The van der Waals surface area contributed by atoms with E-state index in [-0.39, 0.29) is 11.4 Å². The van der Waals surface area contributed by atoms with Gasteiger partial charge in [-0.05, 0) is 37.1 Å². The SMILES string of the molecule is C=CCN(CCOC)S(=O)(=O)c1ccc(CCCN)cc1. The van der Waals surface area contributed by atoms with Gasteiger partial charge < -0.3 is 10.5 Å². The Morgan fingerprint density at radius 3 is 2.52 bits per heavy atom. The summed E-state index contributed by atoms with van der Waals surface area (Å²) >= 11 is 0. The average molecular weight is 312 g/mol. The van der Waals surface area contributed by atoms with E-state index in [1.807, 2.05) is 12.1 Å². The molecule has 0 aliphatic heterocycles. The number of hydrogen-bond donors (Lipinski definition) is 1. The summed E-state index contributed by atoms with van der Waals surface area (Å²) in [6.45, 7) is 5.15. The van der Waals surface area contributed by atoms with Gasteiger partial charge in [0.1, 0.15) is 0 Å². The first-order valence-electron chi connectivity index (χ1n) is 6.95. The smallest absolute Gasteiger partial charge is 0.243 e. The molecule has 21 heavy (non-hydrogen) atoms. The molecule has 0 heterocycles. The lowest BCUT2D eigenvalue weighted by molar-refractivity contribution is 0.182. The number of methoxy groups -OCH3 is 1. The Kier molecular flexibility index (Phi) is 7.60. The molecule has 0 saturated carbocycles. The van der Waals surface area contributed by atoms with Gasteiger partial charge in [0.2, 0.25) is 10.0 Å². The van der Waals surface area contributed by atoms with Crippen molar-refractivity contribution in [1.82, 2.24) is 4.31 Å². The van der Waals surface area contributed by atoms with Crippen molar-refractivity contribution in [3.8, 4) is 0 Å². The molecule has 118 valence electrons.